The lowest BCUT2D eigenvalue weighted by Crippen LogP contribution is -2.24. The molecule has 2 rings (SSSR count). The van der Waals surface area contributed by atoms with E-state index < -0.39 is 5.91 Å². The van der Waals surface area contributed by atoms with Crippen LogP contribution in [0.2, 0.25) is 15.1 Å². The molecule has 0 bridgehead atoms. The highest BCUT2D eigenvalue weighted by Crippen LogP contribution is 2.35. The van der Waals surface area contributed by atoms with Gasteiger partial charge < -0.3 is 4.74 Å². The molecule has 0 heterocycles. The largest absolute Gasteiger partial charge is 0.481 e. The van der Waals surface area contributed by atoms with Crippen molar-refractivity contribution in [2.45, 2.75) is 26.2 Å². The molecule has 0 fully saturated rings. The number of hydrogen-bond acceptors (Lipinski definition) is 3. The van der Waals surface area contributed by atoms with Crippen LogP contribution in [0.25, 0.3) is 0 Å². The van der Waals surface area contributed by atoms with E-state index in [4.69, 9.17) is 39.5 Å². The van der Waals surface area contributed by atoms with Gasteiger partial charge in [0.05, 0.1) is 16.3 Å². The Bertz CT molecular complexity index is 790. The number of benzene rings is 2. The van der Waals surface area contributed by atoms with Crippen molar-refractivity contribution in [3.05, 3.63) is 62.6 Å². The molecule has 0 aliphatic heterocycles. The summed E-state index contributed by atoms with van der Waals surface area (Å²) >= 11 is 17.8. The highest BCUT2D eigenvalue weighted by atomic mass is 35.5. The molecule has 0 spiro atoms. The van der Waals surface area contributed by atoms with Crippen LogP contribution in [0.15, 0.2) is 41.5 Å². The zero-order valence-corrected chi connectivity index (χ0v) is 16.9. The van der Waals surface area contributed by atoms with Crippen LogP contribution in [0.1, 0.15) is 31.9 Å². The maximum Gasteiger partial charge on any atom is 0.277 e. The Labute approximate surface area is 168 Å². The number of halogens is 3. The van der Waals surface area contributed by atoms with Gasteiger partial charge in [0.1, 0.15) is 0 Å². The molecule has 2 aromatic rings. The first-order valence-electron chi connectivity index (χ1n) is 7.86. The van der Waals surface area contributed by atoms with Crippen LogP contribution in [-0.4, -0.2) is 18.7 Å². The fourth-order valence-electron chi connectivity index (χ4n) is 2.08. The van der Waals surface area contributed by atoms with E-state index >= 15 is 0 Å². The van der Waals surface area contributed by atoms with E-state index in [0.29, 0.717) is 5.02 Å². The molecule has 2 aromatic carbocycles. The van der Waals surface area contributed by atoms with Gasteiger partial charge in [-0.3, -0.25) is 4.79 Å². The van der Waals surface area contributed by atoms with Gasteiger partial charge in [-0.05, 0) is 28.7 Å². The summed E-state index contributed by atoms with van der Waals surface area (Å²) in [5, 5.41) is 4.77. The molecule has 26 heavy (non-hydrogen) atoms. The fraction of sp³-hybridized carbons (Fsp3) is 0.263. The second kappa shape index (κ2) is 8.76. The molecule has 0 aromatic heterocycles. The maximum atomic E-state index is 11.8. The molecule has 0 saturated heterocycles. The number of hydrazone groups is 1. The molecule has 0 radical (unpaired) electrons. The van der Waals surface area contributed by atoms with Crippen LogP contribution in [0, 0.1) is 0 Å². The van der Waals surface area contributed by atoms with E-state index in [1.54, 1.807) is 6.21 Å². The average molecular weight is 414 g/mol. The summed E-state index contributed by atoms with van der Waals surface area (Å²) in [6, 6.07) is 10.9. The number of carbonyl (C=O) groups is 1. The monoisotopic (exact) mass is 412 g/mol. The molecule has 0 aliphatic rings. The third-order valence-corrected chi connectivity index (χ3v) is 4.27. The van der Waals surface area contributed by atoms with Gasteiger partial charge in [0.2, 0.25) is 0 Å². The Morgan fingerprint density at radius 1 is 1.12 bits per heavy atom. The van der Waals surface area contributed by atoms with Gasteiger partial charge in [-0.25, -0.2) is 5.43 Å². The molecule has 0 atom stereocenters. The summed E-state index contributed by atoms with van der Waals surface area (Å²) in [6.45, 7) is 6.17. The lowest BCUT2D eigenvalue weighted by molar-refractivity contribution is -0.123. The predicted molar refractivity (Wildman–Crippen MR) is 108 cm³/mol. The average Bonchev–Trinajstić information content (AvgIpc) is 2.53. The minimum absolute atomic E-state index is 0.0887. The Morgan fingerprint density at radius 3 is 2.23 bits per heavy atom. The van der Waals surface area contributed by atoms with Crippen molar-refractivity contribution in [1.82, 2.24) is 5.43 Å². The van der Waals surface area contributed by atoms with E-state index in [9.17, 15) is 4.79 Å². The predicted octanol–water partition coefficient (Wildman–Crippen LogP) is 5.47. The molecule has 0 unspecified atom stereocenters. The Morgan fingerprint density at radius 2 is 1.69 bits per heavy atom. The molecular formula is C19H19Cl3N2O2. The number of nitrogens with zero attached hydrogens (tertiary/aromatic N) is 1. The van der Waals surface area contributed by atoms with Gasteiger partial charge in [-0.2, -0.15) is 5.10 Å². The molecule has 7 heteroatoms. The van der Waals surface area contributed by atoms with Crippen molar-refractivity contribution in [3.63, 3.8) is 0 Å². The number of nitrogens with one attached hydrogen (secondary N) is 1. The van der Waals surface area contributed by atoms with Crippen molar-refractivity contribution in [2.24, 2.45) is 5.10 Å². The molecule has 138 valence electrons. The van der Waals surface area contributed by atoms with Crippen LogP contribution < -0.4 is 10.2 Å². The Balaban J connectivity index is 1.88. The van der Waals surface area contributed by atoms with Crippen molar-refractivity contribution in [3.8, 4) is 5.75 Å². The van der Waals surface area contributed by atoms with Gasteiger partial charge in [-0.15, -0.1) is 0 Å². The minimum atomic E-state index is -0.436. The summed E-state index contributed by atoms with van der Waals surface area (Å²) < 4.78 is 5.33. The van der Waals surface area contributed by atoms with Crippen LogP contribution in [-0.2, 0) is 10.2 Å². The van der Waals surface area contributed by atoms with Gasteiger partial charge >= 0.3 is 0 Å². The molecule has 0 saturated carbocycles. The summed E-state index contributed by atoms with van der Waals surface area (Å²) in [4.78, 5) is 11.8. The van der Waals surface area contributed by atoms with Crippen LogP contribution in [0.3, 0.4) is 0 Å². The van der Waals surface area contributed by atoms with Crippen LogP contribution in [0.4, 0.5) is 0 Å². The summed E-state index contributed by atoms with van der Waals surface area (Å²) in [5.41, 5.74) is 4.58. The lowest BCUT2D eigenvalue weighted by atomic mass is 9.87. The number of amides is 1. The first-order valence-corrected chi connectivity index (χ1v) is 9.00. The minimum Gasteiger partial charge on any atom is -0.481 e. The molecule has 0 aliphatic carbocycles. The molecule has 1 N–H and O–H groups in total. The number of rotatable bonds is 5. The summed E-state index contributed by atoms with van der Waals surface area (Å²) in [7, 11) is 0. The van der Waals surface area contributed by atoms with Crippen LogP contribution >= 0.6 is 34.8 Å². The van der Waals surface area contributed by atoms with Crippen LogP contribution in [0.5, 0.6) is 5.75 Å². The van der Waals surface area contributed by atoms with E-state index in [1.807, 2.05) is 24.3 Å². The smallest absolute Gasteiger partial charge is 0.277 e. The van der Waals surface area contributed by atoms with E-state index in [1.165, 1.54) is 17.7 Å². The van der Waals surface area contributed by atoms with E-state index in [-0.39, 0.29) is 27.8 Å². The quantitative estimate of drug-likeness (QED) is 0.521. The highest BCUT2D eigenvalue weighted by Gasteiger charge is 2.13. The standard InChI is InChI=1S/C19H19Cl3N2O2/c1-19(2,3)13-6-4-12(5-7-13)10-23-24-17(25)11-26-18-15(21)8-14(20)9-16(18)22/h4-10H,11H2,1-3H3,(H,24,25)/b23-10-. The number of ether oxygens (including phenoxy) is 1. The zero-order chi connectivity index (χ0) is 19.3. The maximum absolute atomic E-state index is 11.8. The highest BCUT2D eigenvalue weighted by molar-refractivity contribution is 6.40. The van der Waals surface area contributed by atoms with Gasteiger partial charge in [0.25, 0.3) is 5.91 Å². The van der Waals surface area contributed by atoms with Gasteiger partial charge in [-0.1, -0.05) is 79.8 Å². The van der Waals surface area contributed by atoms with Gasteiger partial charge in [0, 0.05) is 5.02 Å². The molecule has 1 amide bonds. The van der Waals surface area contributed by atoms with Crippen molar-refractivity contribution in [2.75, 3.05) is 6.61 Å². The number of carbonyl (C=O) groups excluding carboxylic acids is 1. The Kier molecular flexibility index (Phi) is 6.93. The third kappa shape index (κ3) is 5.90. The summed E-state index contributed by atoms with van der Waals surface area (Å²) in [6.07, 6.45) is 1.56. The number of hydrogen-bond donors (Lipinski definition) is 1. The molecular weight excluding hydrogens is 395 g/mol. The Hall–Kier alpha value is -1.75. The van der Waals surface area contributed by atoms with Crippen molar-refractivity contribution >= 4 is 46.9 Å². The first-order chi connectivity index (χ1) is 12.2. The second-order valence-electron chi connectivity index (χ2n) is 6.65. The van der Waals surface area contributed by atoms with Gasteiger partial charge in [0.15, 0.2) is 12.4 Å². The second-order valence-corrected chi connectivity index (χ2v) is 7.90. The topological polar surface area (TPSA) is 50.7 Å². The van der Waals surface area contributed by atoms with Crippen molar-refractivity contribution in [1.29, 1.82) is 0 Å². The molecule has 4 nitrogen and oxygen atoms in total. The van der Waals surface area contributed by atoms with E-state index in [2.05, 4.69) is 31.3 Å². The SMILES string of the molecule is CC(C)(C)c1ccc(/C=N\NC(=O)COc2c(Cl)cc(Cl)cc2Cl)cc1. The zero-order valence-electron chi connectivity index (χ0n) is 14.6. The fourth-order valence-corrected chi connectivity index (χ4v) is 3.01. The third-order valence-electron chi connectivity index (χ3n) is 3.49. The summed E-state index contributed by atoms with van der Waals surface area (Å²) in [5.74, 6) is -0.232. The van der Waals surface area contributed by atoms with Crippen molar-refractivity contribution < 1.29 is 9.53 Å². The lowest BCUT2D eigenvalue weighted by Gasteiger charge is -2.18. The normalized spacial score (nSPS) is 11.6. The first kappa shape index (κ1) is 20.6. The van der Waals surface area contributed by atoms with E-state index in [0.717, 1.165) is 5.56 Å².